The molecule has 72 valence electrons. The summed E-state index contributed by atoms with van der Waals surface area (Å²) in [5, 5.41) is 0. The summed E-state index contributed by atoms with van der Waals surface area (Å²) in [6.07, 6.45) is 12.5. The van der Waals surface area contributed by atoms with Crippen molar-refractivity contribution in [3.05, 3.63) is 40.5 Å². The molecular weight excluding hydrogens is 168 g/mol. The maximum atomic E-state index is 2.45. The van der Waals surface area contributed by atoms with Crippen LogP contribution in [-0.4, -0.2) is 0 Å². The van der Waals surface area contributed by atoms with Gasteiger partial charge in [-0.25, -0.2) is 0 Å². The molecule has 0 unspecified atom stereocenters. The Labute approximate surface area is 85.6 Å². The number of aryl methyl sites for hydroxylation is 2. The smallest absolute Gasteiger partial charge is 0.00881 e. The largest absolute Gasteiger partial charge is 0.0795 e. The molecule has 0 aliphatic heterocycles. The van der Waals surface area contributed by atoms with E-state index in [1.807, 2.05) is 0 Å². The highest BCUT2D eigenvalue weighted by Gasteiger charge is 2.12. The zero-order valence-corrected chi connectivity index (χ0v) is 8.55. The maximum Gasteiger partial charge on any atom is -0.00881 e. The highest BCUT2D eigenvalue weighted by atomic mass is 14.2. The number of rotatable bonds is 0. The Morgan fingerprint density at radius 3 is 2.43 bits per heavy atom. The Balaban J connectivity index is 2.08. The molecule has 2 aliphatic carbocycles. The van der Waals surface area contributed by atoms with Gasteiger partial charge in [0, 0.05) is 0 Å². The summed E-state index contributed by atoms with van der Waals surface area (Å²) in [6, 6.07) is 4.88. The number of hydrogen-bond donors (Lipinski definition) is 0. The molecule has 14 heavy (non-hydrogen) atoms. The van der Waals surface area contributed by atoms with E-state index in [-0.39, 0.29) is 0 Å². The van der Waals surface area contributed by atoms with Gasteiger partial charge < -0.3 is 0 Å². The topological polar surface area (TPSA) is 0 Å². The Morgan fingerprint density at radius 2 is 1.57 bits per heavy atom. The monoisotopic (exact) mass is 184 g/mol. The zero-order valence-electron chi connectivity index (χ0n) is 8.55. The minimum atomic E-state index is 1.16. The van der Waals surface area contributed by atoms with Gasteiger partial charge in [0.2, 0.25) is 0 Å². The van der Waals surface area contributed by atoms with Crippen LogP contribution in [0.1, 0.15) is 41.5 Å². The Hall–Kier alpha value is -1.04. The van der Waals surface area contributed by atoms with Crippen molar-refractivity contribution in [2.75, 3.05) is 0 Å². The van der Waals surface area contributed by atoms with Crippen molar-refractivity contribution in [2.24, 2.45) is 0 Å². The van der Waals surface area contributed by atoms with E-state index in [9.17, 15) is 0 Å². The Bertz CT molecular complexity index is 385. The molecule has 0 N–H and O–H groups in total. The third-order valence-electron chi connectivity index (χ3n) is 3.49. The predicted octanol–water partition coefficient (Wildman–Crippen LogP) is 3.52. The van der Waals surface area contributed by atoms with E-state index in [0.717, 1.165) is 6.42 Å². The first kappa shape index (κ1) is 8.28. The third-order valence-corrected chi connectivity index (χ3v) is 3.49. The molecule has 1 aromatic carbocycles. The van der Waals surface area contributed by atoms with Gasteiger partial charge in [0.25, 0.3) is 0 Å². The lowest BCUT2D eigenvalue weighted by atomic mass is 9.97. The van der Waals surface area contributed by atoms with Gasteiger partial charge in [-0.2, -0.15) is 0 Å². The maximum absolute atomic E-state index is 2.45. The van der Waals surface area contributed by atoms with Crippen LogP contribution in [0.4, 0.5) is 0 Å². The van der Waals surface area contributed by atoms with Crippen molar-refractivity contribution in [2.45, 2.75) is 38.5 Å². The highest BCUT2D eigenvalue weighted by Crippen LogP contribution is 2.28. The third kappa shape index (κ3) is 1.30. The molecule has 0 atom stereocenters. The average Bonchev–Trinajstić information content (AvgIpc) is 2.51. The molecular formula is C14H16. The zero-order chi connectivity index (χ0) is 9.38. The molecule has 1 aromatic rings. The normalized spacial score (nSPS) is 18.9. The Morgan fingerprint density at radius 1 is 0.786 bits per heavy atom. The minimum absolute atomic E-state index is 1.16. The van der Waals surface area contributed by atoms with Crippen LogP contribution in [0.25, 0.3) is 6.08 Å². The summed E-state index contributed by atoms with van der Waals surface area (Å²) < 4.78 is 0. The van der Waals surface area contributed by atoms with Crippen LogP contribution in [0.15, 0.2) is 18.2 Å². The average molecular weight is 184 g/mol. The van der Waals surface area contributed by atoms with E-state index in [1.165, 1.54) is 37.7 Å². The van der Waals surface area contributed by atoms with E-state index >= 15 is 0 Å². The number of fused-ring (bicyclic) bond motifs is 2. The van der Waals surface area contributed by atoms with Gasteiger partial charge in [0.1, 0.15) is 0 Å². The fraction of sp³-hybridized carbons (Fsp3) is 0.429. The summed E-state index contributed by atoms with van der Waals surface area (Å²) in [5.74, 6) is 0. The van der Waals surface area contributed by atoms with E-state index < -0.39 is 0 Å². The molecule has 3 rings (SSSR count). The van der Waals surface area contributed by atoms with Crippen LogP contribution >= 0.6 is 0 Å². The van der Waals surface area contributed by atoms with Crippen LogP contribution in [0, 0.1) is 0 Å². The molecule has 2 aliphatic rings. The molecule has 0 nitrogen and oxygen atoms in total. The second kappa shape index (κ2) is 3.27. The molecule has 0 aromatic heterocycles. The molecule has 0 radical (unpaired) electrons. The van der Waals surface area contributed by atoms with Gasteiger partial charge in [-0.3, -0.25) is 0 Å². The lowest BCUT2D eigenvalue weighted by Gasteiger charge is -2.08. The van der Waals surface area contributed by atoms with Gasteiger partial charge in [0.15, 0.2) is 0 Å². The molecule has 0 spiro atoms. The molecule has 0 saturated heterocycles. The number of hydrogen-bond acceptors (Lipinski definition) is 0. The van der Waals surface area contributed by atoms with E-state index in [1.54, 1.807) is 16.7 Å². The van der Waals surface area contributed by atoms with Crippen molar-refractivity contribution in [1.82, 2.24) is 0 Å². The number of allylic oxidation sites excluding steroid dienone is 1. The fourth-order valence-corrected chi connectivity index (χ4v) is 2.68. The van der Waals surface area contributed by atoms with Crippen molar-refractivity contribution in [3.63, 3.8) is 0 Å². The van der Waals surface area contributed by atoms with Crippen molar-refractivity contribution >= 4 is 6.08 Å². The quantitative estimate of drug-likeness (QED) is 0.541. The van der Waals surface area contributed by atoms with Gasteiger partial charge in [-0.05, 0) is 54.4 Å². The number of benzene rings is 1. The molecule has 0 heterocycles. The first-order chi connectivity index (χ1) is 6.93. The second-order valence-corrected chi connectivity index (χ2v) is 4.49. The second-order valence-electron chi connectivity index (χ2n) is 4.49. The summed E-state index contributed by atoms with van der Waals surface area (Å²) in [6.45, 7) is 0. The van der Waals surface area contributed by atoms with Crippen LogP contribution in [0.3, 0.4) is 0 Å². The van der Waals surface area contributed by atoms with Gasteiger partial charge in [-0.15, -0.1) is 0 Å². The van der Waals surface area contributed by atoms with E-state index in [2.05, 4.69) is 24.3 Å². The van der Waals surface area contributed by atoms with Crippen LogP contribution in [0.2, 0.25) is 0 Å². The van der Waals surface area contributed by atoms with Crippen LogP contribution in [-0.2, 0) is 19.3 Å². The molecule has 0 bridgehead atoms. The molecule has 0 amide bonds. The first-order valence-electron chi connectivity index (χ1n) is 5.75. The lowest BCUT2D eigenvalue weighted by molar-refractivity contribution is 0.711. The SMILES string of the molecule is C1=Cc2cc3c(cc2C1)CCCCC3. The molecule has 0 fully saturated rings. The van der Waals surface area contributed by atoms with Crippen LogP contribution < -0.4 is 0 Å². The lowest BCUT2D eigenvalue weighted by Crippen LogP contribution is -1.94. The standard InChI is InChI=1S/C14H16/c1-2-5-11-9-13-7-4-8-14(13)10-12(11)6-3-1/h4,7,9-10H,1-3,5-6,8H2. The molecule has 0 heteroatoms. The Kier molecular flexibility index (Phi) is 1.93. The minimum Gasteiger partial charge on any atom is -0.0795 e. The van der Waals surface area contributed by atoms with E-state index in [4.69, 9.17) is 0 Å². The first-order valence-corrected chi connectivity index (χ1v) is 5.75. The van der Waals surface area contributed by atoms with Crippen molar-refractivity contribution in [3.8, 4) is 0 Å². The molecule has 0 saturated carbocycles. The van der Waals surface area contributed by atoms with Gasteiger partial charge in [-0.1, -0.05) is 30.7 Å². The summed E-state index contributed by atoms with van der Waals surface area (Å²) in [7, 11) is 0. The van der Waals surface area contributed by atoms with E-state index in [0.29, 0.717) is 0 Å². The van der Waals surface area contributed by atoms with Gasteiger partial charge >= 0.3 is 0 Å². The summed E-state index contributed by atoms with van der Waals surface area (Å²) >= 11 is 0. The highest BCUT2D eigenvalue weighted by molar-refractivity contribution is 5.62. The summed E-state index contributed by atoms with van der Waals surface area (Å²) in [5.41, 5.74) is 6.27. The van der Waals surface area contributed by atoms with Crippen LogP contribution in [0.5, 0.6) is 0 Å². The van der Waals surface area contributed by atoms with Crippen molar-refractivity contribution in [1.29, 1.82) is 0 Å². The van der Waals surface area contributed by atoms with Gasteiger partial charge in [0.05, 0.1) is 0 Å². The summed E-state index contributed by atoms with van der Waals surface area (Å²) in [4.78, 5) is 0. The predicted molar refractivity (Wildman–Crippen MR) is 60.4 cm³/mol. The van der Waals surface area contributed by atoms with Crippen molar-refractivity contribution < 1.29 is 0 Å². The fourth-order valence-electron chi connectivity index (χ4n) is 2.68.